The number of hydrogen-bond donors (Lipinski definition) is 2. The van der Waals surface area contributed by atoms with Crippen LogP contribution in [0.5, 0.6) is 0 Å². The predicted molar refractivity (Wildman–Crippen MR) is 68.1 cm³/mol. The molecule has 0 fully saturated rings. The van der Waals surface area contributed by atoms with Gasteiger partial charge in [-0.05, 0) is 25.5 Å². The van der Waals surface area contributed by atoms with E-state index < -0.39 is 5.54 Å². The SMILES string of the molecule is Cn1cc(C(N)C(C)(C)N)c2ccccc21. The van der Waals surface area contributed by atoms with E-state index in [1.54, 1.807) is 0 Å². The molecule has 1 heterocycles. The van der Waals surface area contributed by atoms with Gasteiger partial charge >= 0.3 is 0 Å². The molecule has 0 spiro atoms. The summed E-state index contributed by atoms with van der Waals surface area (Å²) in [4.78, 5) is 0. The molecule has 1 unspecified atom stereocenters. The first-order valence-electron chi connectivity index (χ1n) is 5.49. The highest BCUT2D eigenvalue weighted by molar-refractivity contribution is 5.84. The van der Waals surface area contributed by atoms with E-state index in [9.17, 15) is 0 Å². The Morgan fingerprint density at radius 3 is 2.50 bits per heavy atom. The second kappa shape index (κ2) is 3.61. The summed E-state index contributed by atoms with van der Waals surface area (Å²) >= 11 is 0. The Balaban J connectivity index is 2.62. The fourth-order valence-corrected chi connectivity index (χ4v) is 2.02. The summed E-state index contributed by atoms with van der Waals surface area (Å²) in [6.07, 6.45) is 2.07. The largest absolute Gasteiger partial charge is 0.350 e. The average Bonchev–Trinajstić information content (AvgIpc) is 2.55. The van der Waals surface area contributed by atoms with Crippen LogP contribution < -0.4 is 11.5 Å². The van der Waals surface area contributed by atoms with Crippen molar-refractivity contribution in [3.8, 4) is 0 Å². The molecule has 16 heavy (non-hydrogen) atoms. The van der Waals surface area contributed by atoms with Gasteiger partial charge < -0.3 is 16.0 Å². The Bertz CT molecular complexity index is 505. The van der Waals surface area contributed by atoms with Crippen LogP contribution in [0.4, 0.5) is 0 Å². The monoisotopic (exact) mass is 217 g/mol. The van der Waals surface area contributed by atoms with Crippen molar-refractivity contribution < 1.29 is 0 Å². The highest BCUT2D eigenvalue weighted by Gasteiger charge is 2.25. The summed E-state index contributed by atoms with van der Waals surface area (Å²) in [6.45, 7) is 3.92. The Hall–Kier alpha value is -1.32. The summed E-state index contributed by atoms with van der Waals surface area (Å²) in [5.41, 5.74) is 14.2. The molecule has 0 aliphatic carbocycles. The highest BCUT2D eigenvalue weighted by Crippen LogP contribution is 2.29. The van der Waals surface area contributed by atoms with Gasteiger partial charge in [0.05, 0.1) is 0 Å². The number of para-hydroxylation sites is 1. The predicted octanol–water partition coefficient (Wildman–Crippen LogP) is 1.92. The van der Waals surface area contributed by atoms with E-state index in [0.717, 1.165) is 5.56 Å². The minimum absolute atomic E-state index is 0.154. The van der Waals surface area contributed by atoms with Crippen molar-refractivity contribution in [1.29, 1.82) is 0 Å². The second-order valence-corrected chi connectivity index (χ2v) is 5.01. The lowest BCUT2D eigenvalue weighted by molar-refractivity contribution is 0.422. The van der Waals surface area contributed by atoms with E-state index in [1.807, 2.05) is 33.0 Å². The fourth-order valence-electron chi connectivity index (χ4n) is 2.02. The van der Waals surface area contributed by atoms with Gasteiger partial charge in [-0.2, -0.15) is 0 Å². The second-order valence-electron chi connectivity index (χ2n) is 5.01. The van der Waals surface area contributed by atoms with E-state index in [4.69, 9.17) is 11.5 Å². The molecule has 4 N–H and O–H groups in total. The topological polar surface area (TPSA) is 57.0 Å². The quantitative estimate of drug-likeness (QED) is 0.807. The molecule has 2 aromatic rings. The molecule has 1 aromatic heterocycles. The Kier molecular flexibility index (Phi) is 2.52. The number of aromatic nitrogens is 1. The highest BCUT2D eigenvalue weighted by atomic mass is 14.9. The molecule has 86 valence electrons. The van der Waals surface area contributed by atoms with E-state index in [-0.39, 0.29) is 6.04 Å². The maximum atomic E-state index is 6.21. The van der Waals surface area contributed by atoms with Crippen LogP contribution in [0.1, 0.15) is 25.5 Å². The van der Waals surface area contributed by atoms with Gasteiger partial charge in [0.1, 0.15) is 0 Å². The molecule has 0 aliphatic heterocycles. The number of nitrogens with zero attached hydrogens (tertiary/aromatic N) is 1. The lowest BCUT2D eigenvalue weighted by atomic mass is 9.90. The minimum Gasteiger partial charge on any atom is -0.350 e. The first kappa shape index (κ1) is 11.2. The van der Waals surface area contributed by atoms with E-state index >= 15 is 0 Å². The summed E-state index contributed by atoms with van der Waals surface area (Å²) < 4.78 is 2.09. The van der Waals surface area contributed by atoms with Gasteiger partial charge in [0, 0.05) is 35.7 Å². The third kappa shape index (κ3) is 1.72. The minimum atomic E-state index is -0.413. The molecule has 3 heteroatoms. The molecule has 0 aliphatic rings. The maximum absolute atomic E-state index is 6.21. The van der Waals surface area contributed by atoms with Crippen LogP contribution in [0.25, 0.3) is 10.9 Å². The first-order valence-corrected chi connectivity index (χ1v) is 5.49. The lowest BCUT2D eigenvalue weighted by Gasteiger charge is -2.26. The van der Waals surface area contributed by atoms with E-state index in [0.29, 0.717) is 0 Å². The normalized spacial score (nSPS) is 14.3. The summed E-state index contributed by atoms with van der Waals surface area (Å²) in [6, 6.07) is 8.09. The van der Waals surface area contributed by atoms with Crippen LogP contribution in [0, 0.1) is 0 Å². The molecular weight excluding hydrogens is 198 g/mol. The van der Waals surface area contributed by atoms with Gasteiger partial charge in [-0.15, -0.1) is 0 Å². The lowest BCUT2D eigenvalue weighted by Crippen LogP contribution is -2.43. The number of aryl methyl sites for hydroxylation is 1. The third-order valence-corrected chi connectivity index (χ3v) is 3.06. The van der Waals surface area contributed by atoms with Crippen LogP contribution in [-0.4, -0.2) is 10.1 Å². The number of fused-ring (bicyclic) bond motifs is 1. The number of nitrogens with two attached hydrogens (primary N) is 2. The zero-order valence-electron chi connectivity index (χ0n) is 10.1. The van der Waals surface area contributed by atoms with Crippen LogP contribution in [0.3, 0.4) is 0 Å². The van der Waals surface area contributed by atoms with Crippen molar-refractivity contribution in [2.45, 2.75) is 25.4 Å². The molecule has 0 amide bonds. The van der Waals surface area contributed by atoms with Gasteiger partial charge in [-0.25, -0.2) is 0 Å². The van der Waals surface area contributed by atoms with Crippen molar-refractivity contribution in [1.82, 2.24) is 4.57 Å². The van der Waals surface area contributed by atoms with Gasteiger partial charge in [-0.3, -0.25) is 0 Å². The van der Waals surface area contributed by atoms with Crippen LogP contribution in [-0.2, 0) is 7.05 Å². The molecule has 0 saturated carbocycles. The van der Waals surface area contributed by atoms with Gasteiger partial charge in [0.25, 0.3) is 0 Å². The molecule has 1 atom stereocenters. The zero-order valence-corrected chi connectivity index (χ0v) is 10.1. The molecule has 0 saturated heterocycles. The summed E-state index contributed by atoms with van der Waals surface area (Å²) in [5, 5.41) is 1.19. The van der Waals surface area contributed by atoms with Crippen molar-refractivity contribution in [3.63, 3.8) is 0 Å². The van der Waals surface area contributed by atoms with Crippen molar-refractivity contribution in [3.05, 3.63) is 36.0 Å². The van der Waals surface area contributed by atoms with Crippen molar-refractivity contribution in [2.75, 3.05) is 0 Å². The van der Waals surface area contributed by atoms with Crippen LogP contribution >= 0.6 is 0 Å². The van der Waals surface area contributed by atoms with Crippen LogP contribution in [0.15, 0.2) is 30.5 Å². The molecule has 0 radical (unpaired) electrons. The molecule has 1 aromatic carbocycles. The Morgan fingerprint density at radius 1 is 1.25 bits per heavy atom. The smallest absolute Gasteiger partial charge is 0.0493 e. The Labute approximate surface area is 96.0 Å². The van der Waals surface area contributed by atoms with Crippen LogP contribution in [0.2, 0.25) is 0 Å². The van der Waals surface area contributed by atoms with Crippen molar-refractivity contribution in [2.24, 2.45) is 18.5 Å². The summed E-state index contributed by atoms with van der Waals surface area (Å²) in [5.74, 6) is 0. The third-order valence-electron chi connectivity index (χ3n) is 3.06. The van der Waals surface area contributed by atoms with Gasteiger partial charge in [-0.1, -0.05) is 18.2 Å². The summed E-state index contributed by atoms with van der Waals surface area (Å²) in [7, 11) is 2.03. The standard InChI is InChI=1S/C13H19N3/c1-13(2,15)12(14)10-8-16(3)11-7-5-4-6-9(10)11/h4-8,12H,14-15H2,1-3H3. The van der Waals surface area contributed by atoms with Gasteiger partial charge in [0.2, 0.25) is 0 Å². The first-order chi connectivity index (χ1) is 7.41. The van der Waals surface area contributed by atoms with E-state index in [1.165, 1.54) is 10.9 Å². The fraction of sp³-hybridized carbons (Fsp3) is 0.385. The van der Waals surface area contributed by atoms with E-state index in [2.05, 4.69) is 22.9 Å². The average molecular weight is 217 g/mol. The van der Waals surface area contributed by atoms with Crippen molar-refractivity contribution >= 4 is 10.9 Å². The Morgan fingerprint density at radius 2 is 1.88 bits per heavy atom. The molecule has 0 bridgehead atoms. The zero-order chi connectivity index (χ0) is 11.9. The number of rotatable bonds is 2. The molecular formula is C13H19N3. The molecule has 2 rings (SSSR count). The van der Waals surface area contributed by atoms with Gasteiger partial charge in [0.15, 0.2) is 0 Å². The maximum Gasteiger partial charge on any atom is 0.0493 e. The number of benzene rings is 1. The molecule has 3 nitrogen and oxygen atoms in total. The number of hydrogen-bond acceptors (Lipinski definition) is 2.